The van der Waals surface area contributed by atoms with E-state index >= 15 is 0 Å². The van der Waals surface area contributed by atoms with E-state index in [1.807, 2.05) is 6.07 Å². The van der Waals surface area contributed by atoms with Crippen LogP contribution in [-0.2, 0) is 12.8 Å². The van der Waals surface area contributed by atoms with Crippen molar-refractivity contribution in [2.75, 3.05) is 5.32 Å². The topological polar surface area (TPSA) is 25.2 Å². The zero-order chi connectivity index (χ0) is 26.9. The van der Waals surface area contributed by atoms with E-state index in [-0.39, 0.29) is 0 Å². The summed E-state index contributed by atoms with van der Waals surface area (Å²) in [5, 5.41) is 6.12. The van der Waals surface area contributed by atoms with Gasteiger partial charge < -0.3 is 9.73 Å². The number of unbranched alkanes of at least 4 members (excludes halogenated alkanes) is 1. The van der Waals surface area contributed by atoms with Crippen LogP contribution in [0, 0.1) is 20.8 Å². The predicted molar refractivity (Wildman–Crippen MR) is 171 cm³/mol. The molecule has 196 valence electrons. The summed E-state index contributed by atoms with van der Waals surface area (Å²) >= 11 is 6.66. The highest BCUT2D eigenvalue weighted by Crippen LogP contribution is 2.43. The minimum absolute atomic E-state index is 0.891. The molecule has 0 spiro atoms. The van der Waals surface area contributed by atoms with E-state index < -0.39 is 0 Å². The normalized spacial score (nSPS) is 11.5. The van der Waals surface area contributed by atoms with Gasteiger partial charge in [0, 0.05) is 33.1 Å². The Morgan fingerprint density at radius 1 is 0.744 bits per heavy atom. The molecule has 0 aliphatic heterocycles. The Morgan fingerprint density at radius 2 is 1.46 bits per heavy atom. The molecule has 0 unspecified atom stereocenters. The van der Waals surface area contributed by atoms with Crippen molar-refractivity contribution < 1.29 is 4.42 Å². The van der Waals surface area contributed by atoms with Gasteiger partial charge in [-0.05, 0) is 92.6 Å². The number of fused-ring (bicyclic) bond motifs is 2. The van der Waals surface area contributed by atoms with Crippen molar-refractivity contribution in [3.8, 4) is 11.1 Å². The summed E-state index contributed by atoms with van der Waals surface area (Å²) in [7, 11) is 0. The fourth-order valence-electron chi connectivity index (χ4n) is 5.64. The van der Waals surface area contributed by atoms with Gasteiger partial charge >= 0.3 is 0 Å². The maximum atomic E-state index is 6.38. The lowest BCUT2D eigenvalue weighted by Gasteiger charge is -2.12. The summed E-state index contributed by atoms with van der Waals surface area (Å²) in [5.74, 6) is 1.03. The highest BCUT2D eigenvalue weighted by molar-refractivity contribution is 7.83. The third-order valence-corrected chi connectivity index (χ3v) is 8.84. The highest BCUT2D eigenvalue weighted by Gasteiger charge is 2.17. The molecule has 0 aliphatic carbocycles. The lowest BCUT2D eigenvalue weighted by atomic mass is 9.93. The smallest absolute Gasteiger partial charge is 0.136 e. The molecule has 39 heavy (non-hydrogen) atoms. The second kappa shape index (κ2) is 11.0. The Kier molecular flexibility index (Phi) is 7.24. The monoisotopic (exact) mass is 547 g/mol. The van der Waals surface area contributed by atoms with Crippen molar-refractivity contribution in [3.05, 3.63) is 113 Å². The summed E-state index contributed by atoms with van der Waals surface area (Å²) < 4.78 is 8.76. The van der Waals surface area contributed by atoms with Crippen LogP contribution in [0.1, 0.15) is 40.9 Å². The molecule has 4 aromatic carbocycles. The molecule has 2 heterocycles. The van der Waals surface area contributed by atoms with E-state index in [9.17, 15) is 0 Å². The number of aryl methyl sites for hydroxylation is 5. The van der Waals surface area contributed by atoms with Gasteiger partial charge in [0.15, 0.2) is 0 Å². The Hall–Kier alpha value is -3.47. The molecule has 0 aliphatic rings. The van der Waals surface area contributed by atoms with Crippen LogP contribution in [0.25, 0.3) is 32.2 Å². The lowest BCUT2D eigenvalue weighted by molar-refractivity contribution is 0.534. The van der Waals surface area contributed by atoms with Gasteiger partial charge in [0.05, 0.1) is 9.90 Å². The third-order valence-electron chi connectivity index (χ3n) is 7.37. The number of benzene rings is 4. The number of furan rings is 1. The summed E-state index contributed by atoms with van der Waals surface area (Å²) in [4.78, 5) is 0. The van der Waals surface area contributed by atoms with E-state index in [1.54, 1.807) is 11.3 Å². The molecule has 2 aromatic heterocycles. The summed E-state index contributed by atoms with van der Waals surface area (Å²) in [5.41, 5.74) is 10.9. The molecule has 0 fully saturated rings. The van der Waals surface area contributed by atoms with Gasteiger partial charge in [0.25, 0.3) is 0 Å². The number of thiophene rings is 1. The van der Waals surface area contributed by atoms with Gasteiger partial charge in [0.1, 0.15) is 11.3 Å². The molecule has 6 rings (SSSR count). The average Bonchev–Trinajstić information content (AvgIpc) is 3.43. The molecule has 0 radical (unpaired) electrons. The van der Waals surface area contributed by atoms with Crippen LogP contribution >= 0.6 is 24.0 Å². The number of hydrogen-bond donors (Lipinski definition) is 2. The van der Waals surface area contributed by atoms with Gasteiger partial charge in [-0.1, -0.05) is 60.2 Å². The molecule has 6 aromatic rings. The van der Waals surface area contributed by atoms with Crippen molar-refractivity contribution in [1.29, 1.82) is 0 Å². The first-order valence-electron chi connectivity index (χ1n) is 13.6. The van der Waals surface area contributed by atoms with Crippen molar-refractivity contribution >= 4 is 56.4 Å². The lowest BCUT2D eigenvalue weighted by Crippen LogP contribution is -1.96. The van der Waals surface area contributed by atoms with E-state index in [2.05, 4.69) is 105 Å². The predicted octanol–water partition coefficient (Wildman–Crippen LogP) is 10.8. The SMILES string of the molecule is Cc1cc(C)cc(Nc2c(CCCCc3ccc(C)cc3-c3c(S)sc4ccccc34)oc3ccccc23)c1. The van der Waals surface area contributed by atoms with Crippen molar-refractivity contribution in [3.63, 3.8) is 0 Å². The zero-order valence-corrected chi connectivity index (χ0v) is 24.4. The minimum Gasteiger partial charge on any atom is -0.459 e. The van der Waals surface area contributed by atoms with Crippen LogP contribution < -0.4 is 5.32 Å². The van der Waals surface area contributed by atoms with Gasteiger partial charge in [-0.3, -0.25) is 0 Å². The fraction of sp³-hybridized carbons (Fsp3) is 0.200. The van der Waals surface area contributed by atoms with Gasteiger partial charge in [-0.15, -0.1) is 24.0 Å². The van der Waals surface area contributed by atoms with Crippen LogP contribution in [0.3, 0.4) is 0 Å². The number of hydrogen-bond acceptors (Lipinski definition) is 4. The Balaban J connectivity index is 1.23. The Morgan fingerprint density at radius 3 is 2.28 bits per heavy atom. The molecule has 0 amide bonds. The van der Waals surface area contributed by atoms with Crippen LogP contribution in [0.4, 0.5) is 11.4 Å². The van der Waals surface area contributed by atoms with E-state index in [4.69, 9.17) is 17.0 Å². The quantitative estimate of drug-likeness (QED) is 0.146. The fourth-order valence-corrected chi connectivity index (χ4v) is 7.13. The average molecular weight is 548 g/mol. The Bertz CT molecular complexity index is 1770. The van der Waals surface area contributed by atoms with Crippen molar-refractivity contribution in [2.45, 2.75) is 50.7 Å². The minimum atomic E-state index is 0.891. The van der Waals surface area contributed by atoms with Crippen LogP contribution in [0.15, 0.2) is 93.6 Å². The molecular formula is C35H33NOS2. The first-order chi connectivity index (χ1) is 19.0. The molecular weight excluding hydrogens is 515 g/mol. The van der Waals surface area contributed by atoms with E-state index in [0.29, 0.717) is 0 Å². The Labute approximate surface area is 240 Å². The van der Waals surface area contributed by atoms with Gasteiger partial charge in [0.2, 0.25) is 0 Å². The molecule has 1 N–H and O–H groups in total. The number of anilines is 2. The first kappa shape index (κ1) is 25.8. The molecule has 0 saturated carbocycles. The van der Waals surface area contributed by atoms with E-state index in [0.717, 1.165) is 58.0 Å². The summed E-state index contributed by atoms with van der Waals surface area (Å²) in [6, 6.07) is 30.4. The second-order valence-corrected chi connectivity index (χ2v) is 12.3. The van der Waals surface area contributed by atoms with Gasteiger partial charge in [-0.2, -0.15) is 0 Å². The third kappa shape index (κ3) is 5.36. The van der Waals surface area contributed by atoms with E-state index in [1.165, 1.54) is 43.5 Å². The van der Waals surface area contributed by atoms with Gasteiger partial charge in [-0.25, -0.2) is 0 Å². The standard InChI is InChI=1S/C35H33NOS2/c1-22-16-17-25(29(21-22)33-28-12-6-9-15-32(28)39-35(33)38)10-4-7-14-31-34(27-11-5-8-13-30(27)37-31)36-26-19-23(2)18-24(3)20-26/h5-6,8-9,11-13,15-21,36,38H,4,7,10,14H2,1-3H3. The van der Waals surface area contributed by atoms with Crippen LogP contribution in [0.2, 0.25) is 0 Å². The zero-order valence-electron chi connectivity index (χ0n) is 22.7. The second-order valence-electron chi connectivity index (χ2n) is 10.5. The number of para-hydroxylation sites is 1. The van der Waals surface area contributed by atoms with Crippen molar-refractivity contribution in [2.24, 2.45) is 0 Å². The number of thiol groups is 1. The first-order valence-corrected chi connectivity index (χ1v) is 14.9. The molecule has 4 heteroatoms. The molecule has 0 bridgehead atoms. The molecule has 0 atom stereocenters. The largest absolute Gasteiger partial charge is 0.459 e. The maximum absolute atomic E-state index is 6.38. The summed E-state index contributed by atoms with van der Waals surface area (Å²) in [6.07, 6.45) is 4.04. The number of rotatable bonds is 8. The van der Waals surface area contributed by atoms with Crippen LogP contribution in [0.5, 0.6) is 0 Å². The summed E-state index contributed by atoms with van der Waals surface area (Å²) in [6.45, 7) is 6.45. The highest BCUT2D eigenvalue weighted by atomic mass is 32.2. The molecule has 2 nitrogen and oxygen atoms in total. The van der Waals surface area contributed by atoms with Crippen LogP contribution in [-0.4, -0.2) is 0 Å². The molecule has 0 saturated heterocycles. The van der Waals surface area contributed by atoms with Crippen molar-refractivity contribution in [1.82, 2.24) is 0 Å². The number of nitrogens with one attached hydrogen (secondary N) is 1. The maximum Gasteiger partial charge on any atom is 0.136 e.